The van der Waals surface area contributed by atoms with Gasteiger partial charge in [0.15, 0.2) is 5.82 Å². The molecule has 0 unspecified atom stereocenters. The highest BCUT2D eigenvalue weighted by atomic mass is 16.5. The van der Waals surface area contributed by atoms with Crippen molar-refractivity contribution in [1.29, 1.82) is 0 Å². The van der Waals surface area contributed by atoms with Crippen LogP contribution in [0.5, 0.6) is 0 Å². The van der Waals surface area contributed by atoms with Gasteiger partial charge in [0.2, 0.25) is 0 Å². The molecule has 2 heterocycles. The Balaban J connectivity index is 2.24. The van der Waals surface area contributed by atoms with E-state index in [1.165, 1.54) is 0 Å². The molecule has 5 nitrogen and oxygen atoms in total. The van der Waals surface area contributed by atoms with E-state index in [-0.39, 0.29) is 5.60 Å². The Bertz CT molecular complexity index is 518. The third-order valence-electron chi connectivity index (χ3n) is 2.75. The van der Waals surface area contributed by atoms with Crippen molar-refractivity contribution >= 4 is 11.3 Å². The summed E-state index contributed by atoms with van der Waals surface area (Å²) in [6.07, 6.45) is 3.58. The van der Waals surface area contributed by atoms with E-state index in [4.69, 9.17) is 4.74 Å². The quantitative estimate of drug-likeness (QED) is 0.877. The molecule has 0 aliphatic carbocycles. The van der Waals surface area contributed by atoms with Gasteiger partial charge in [-0.3, -0.25) is 0 Å². The van der Waals surface area contributed by atoms with Crippen molar-refractivity contribution < 1.29 is 4.74 Å². The maximum absolute atomic E-state index is 5.36. The molecular weight excluding hydrogens is 216 g/mol. The van der Waals surface area contributed by atoms with Crippen LogP contribution in [0.15, 0.2) is 18.5 Å². The topological polar surface area (TPSA) is 51.5 Å². The van der Waals surface area contributed by atoms with Crippen LogP contribution in [0.2, 0.25) is 0 Å². The number of aryl methyl sites for hydroxylation is 1. The van der Waals surface area contributed by atoms with E-state index >= 15 is 0 Å². The Hall–Kier alpha value is -1.62. The monoisotopic (exact) mass is 234 g/mol. The predicted octanol–water partition coefficient (Wildman–Crippen LogP) is 1.87. The molecule has 0 radical (unpaired) electrons. The van der Waals surface area contributed by atoms with Crippen LogP contribution in [0.25, 0.3) is 5.52 Å². The van der Waals surface area contributed by atoms with E-state index in [1.807, 2.05) is 37.5 Å². The van der Waals surface area contributed by atoms with Crippen LogP contribution in [0.3, 0.4) is 0 Å². The summed E-state index contributed by atoms with van der Waals surface area (Å²) in [5, 5.41) is 7.64. The lowest BCUT2D eigenvalue weighted by atomic mass is 10.1. The summed E-state index contributed by atoms with van der Waals surface area (Å²) >= 11 is 0. The van der Waals surface area contributed by atoms with Crippen molar-refractivity contribution in [2.24, 2.45) is 0 Å². The van der Waals surface area contributed by atoms with Gasteiger partial charge < -0.3 is 10.1 Å². The minimum absolute atomic E-state index is 0.219. The summed E-state index contributed by atoms with van der Waals surface area (Å²) in [6.45, 7) is 6.72. The number of rotatable bonds is 4. The van der Waals surface area contributed by atoms with E-state index in [0.29, 0.717) is 6.54 Å². The van der Waals surface area contributed by atoms with E-state index < -0.39 is 0 Å². The molecule has 2 aromatic rings. The summed E-state index contributed by atoms with van der Waals surface area (Å²) in [5.74, 6) is 0.832. The normalized spacial score (nSPS) is 12.0. The first-order valence-electron chi connectivity index (χ1n) is 5.62. The number of aromatic nitrogens is 3. The Labute approximate surface area is 101 Å². The van der Waals surface area contributed by atoms with Crippen molar-refractivity contribution in [3.05, 3.63) is 24.2 Å². The fourth-order valence-electron chi connectivity index (χ4n) is 1.55. The lowest BCUT2D eigenvalue weighted by Gasteiger charge is -2.23. The van der Waals surface area contributed by atoms with Crippen LogP contribution in [0.1, 0.15) is 19.5 Å². The molecule has 0 atom stereocenters. The Kier molecular flexibility index (Phi) is 3.02. The van der Waals surface area contributed by atoms with Gasteiger partial charge in [0.25, 0.3) is 0 Å². The van der Waals surface area contributed by atoms with Gasteiger partial charge in [0, 0.05) is 26.0 Å². The van der Waals surface area contributed by atoms with Gasteiger partial charge in [-0.05, 0) is 26.8 Å². The summed E-state index contributed by atoms with van der Waals surface area (Å²) in [4.78, 5) is 4.33. The molecule has 0 aliphatic heterocycles. The minimum Gasteiger partial charge on any atom is -0.377 e. The second kappa shape index (κ2) is 4.33. The smallest absolute Gasteiger partial charge is 0.152 e. The molecular formula is C12H18N4O. The molecule has 0 saturated heterocycles. The second-order valence-electron chi connectivity index (χ2n) is 4.71. The number of methoxy groups -OCH3 is 1. The molecule has 2 aromatic heterocycles. The first-order valence-corrected chi connectivity index (χ1v) is 5.62. The number of hydrogen-bond acceptors (Lipinski definition) is 4. The van der Waals surface area contributed by atoms with Gasteiger partial charge in [-0.2, -0.15) is 5.10 Å². The third-order valence-corrected chi connectivity index (χ3v) is 2.75. The molecule has 0 aromatic carbocycles. The molecule has 0 spiro atoms. The number of nitrogens with one attached hydrogen (secondary N) is 1. The van der Waals surface area contributed by atoms with E-state index in [2.05, 4.69) is 15.4 Å². The fourth-order valence-corrected chi connectivity index (χ4v) is 1.55. The molecule has 0 aliphatic rings. The zero-order valence-corrected chi connectivity index (χ0v) is 10.7. The maximum atomic E-state index is 5.36. The highest BCUT2D eigenvalue weighted by molar-refractivity contribution is 5.67. The number of anilines is 1. The van der Waals surface area contributed by atoms with Crippen LogP contribution in [0, 0.1) is 6.92 Å². The van der Waals surface area contributed by atoms with Gasteiger partial charge in [0.05, 0.1) is 11.3 Å². The van der Waals surface area contributed by atoms with Crippen LogP contribution in [-0.2, 0) is 4.74 Å². The van der Waals surface area contributed by atoms with Crippen molar-refractivity contribution in [1.82, 2.24) is 14.6 Å². The standard InChI is InChI=1S/C12H18N4O/c1-9-7-10-11(13-5-6-16(10)15-9)14-8-12(2,3)17-4/h5-7H,8H2,1-4H3,(H,13,14). The third kappa shape index (κ3) is 2.55. The summed E-state index contributed by atoms with van der Waals surface area (Å²) < 4.78 is 7.19. The zero-order chi connectivity index (χ0) is 12.5. The SMILES string of the molecule is COC(C)(C)CNc1nccn2nc(C)cc12. The molecule has 0 fully saturated rings. The average Bonchev–Trinajstić information content (AvgIpc) is 2.67. The van der Waals surface area contributed by atoms with E-state index in [0.717, 1.165) is 17.0 Å². The molecule has 5 heteroatoms. The van der Waals surface area contributed by atoms with Gasteiger partial charge in [0.1, 0.15) is 5.52 Å². The summed E-state index contributed by atoms with van der Waals surface area (Å²) in [7, 11) is 1.71. The van der Waals surface area contributed by atoms with Crippen molar-refractivity contribution in [3.8, 4) is 0 Å². The first-order chi connectivity index (χ1) is 8.02. The average molecular weight is 234 g/mol. The largest absolute Gasteiger partial charge is 0.377 e. The summed E-state index contributed by atoms with van der Waals surface area (Å²) in [5.41, 5.74) is 1.74. The number of nitrogens with zero attached hydrogens (tertiary/aromatic N) is 3. The second-order valence-corrected chi connectivity index (χ2v) is 4.71. The lowest BCUT2D eigenvalue weighted by Crippen LogP contribution is -2.32. The van der Waals surface area contributed by atoms with Gasteiger partial charge in [-0.25, -0.2) is 9.50 Å². The van der Waals surface area contributed by atoms with Gasteiger partial charge in [-0.15, -0.1) is 0 Å². The molecule has 92 valence electrons. The predicted molar refractivity (Wildman–Crippen MR) is 67.3 cm³/mol. The molecule has 2 rings (SSSR count). The fraction of sp³-hybridized carbons (Fsp3) is 0.500. The molecule has 0 bridgehead atoms. The van der Waals surface area contributed by atoms with Gasteiger partial charge >= 0.3 is 0 Å². The van der Waals surface area contributed by atoms with Crippen LogP contribution in [-0.4, -0.2) is 33.9 Å². The molecule has 1 N–H and O–H groups in total. The molecule has 0 amide bonds. The molecule has 0 saturated carbocycles. The molecule has 17 heavy (non-hydrogen) atoms. The first kappa shape index (κ1) is 11.9. The Morgan fingerprint density at radius 2 is 2.24 bits per heavy atom. The highest BCUT2D eigenvalue weighted by Gasteiger charge is 2.16. The number of fused-ring (bicyclic) bond motifs is 1. The number of ether oxygens (including phenoxy) is 1. The minimum atomic E-state index is -0.219. The Morgan fingerprint density at radius 1 is 1.47 bits per heavy atom. The summed E-state index contributed by atoms with van der Waals surface area (Å²) in [6, 6.07) is 2.01. The Morgan fingerprint density at radius 3 is 2.94 bits per heavy atom. The van der Waals surface area contributed by atoms with Crippen molar-refractivity contribution in [2.75, 3.05) is 19.0 Å². The van der Waals surface area contributed by atoms with Gasteiger partial charge in [-0.1, -0.05) is 0 Å². The van der Waals surface area contributed by atoms with Crippen LogP contribution < -0.4 is 5.32 Å². The lowest BCUT2D eigenvalue weighted by molar-refractivity contribution is 0.0343. The maximum Gasteiger partial charge on any atom is 0.152 e. The van der Waals surface area contributed by atoms with Crippen LogP contribution in [0.4, 0.5) is 5.82 Å². The van der Waals surface area contributed by atoms with E-state index in [9.17, 15) is 0 Å². The van der Waals surface area contributed by atoms with Crippen molar-refractivity contribution in [3.63, 3.8) is 0 Å². The zero-order valence-electron chi connectivity index (χ0n) is 10.7. The van der Waals surface area contributed by atoms with Crippen LogP contribution >= 0.6 is 0 Å². The highest BCUT2D eigenvalue weighted by Crippen LogP contribution is 2.16. The van der Waals surface area contributed by atoms with Crippen molar-refractivity contribution in [2.45, 2.75) is 26.4 Å². The number of hydrogen-bond donors (Lipinski definition) is 1. The van der Waals surface area contributed by atoms with E-state index in [1.54, 1.807) is 13.3 Å².